The number of aromatic nitrogens is 1. The van der Waals surface area contributed by atoms with Gasteiger partial charge in [-0.15, -0.1) is 0 Å². The highest BCUT2D eigenvalue weighted by molar-refractivity contribution is 7.20. The highest BCUT2D eigenvalue weighted by Gasteiger charge is 2.25. The molecule has 1 aromatic heterocycles. The summed E-state index contributed by atoms with van der Waals surface area (Å²) in [7, 11) is 1.63. The number of nitrogens with zero attached hydrogens (tertiary/aromatic N) is 2. The zero-order valence-corrected chi connectivity index (χ0v) is 16.2. The number of rotatable bonds is 4. The number of carbonyl (C=O) groups excluding carboxylic acids is 1. The van der Waals surface area contributed by atoms with Crippen LogP contribution < -0.4 is 14.8 Å². The standard InChI is InChI=1S/C20H20FN3O3S/c1-26-16-6-7-18-17(12-16)23-20(28-18)27-15-8-10-24(11-9-15)19(25)22-14-4-2-13(21)3-5-14/h2-7,12,15H,8-11H2,1H3,(H,22,25). The quantitative estimate of drug-likeness (QED) is 0.698. The van der Waals surface area contributed by atoms with E-state index >= 15 is 0 Å². The fraction of sp³-hybridized carbons (Fsp3) is 0.300. The van der Waals surface area contributed by atoms with Crippen LogP contribution in [0.3, 0.4) is 0 Å². The van der Waals surface area contributed by atoms with Crippen molar-refractivity contribution >= 4 is 33.3 Å². The van der Waals surface area contributed by atoms with Crippen LogP contribution in [0.5, 0.6) is 10.9 Å². The minimum atomic E-state index is -0.329. The number of carbonyl (C=O) groups is 1. The monoisotopic (exact) mass is 401 g/mol. The molecule has 0 aliphatic carbocycles. The number of amides is 2. The molecule has 0 unspecified atom stereocenters. The Morgan fingerprint density at radius 3 is 2.68 bits per heavy atom. The molecule has 4 rings (SSSR count). The largest absolute Gasteiger partial charge is 0.497 e. The van der Waals surface area contributed by atoms with Gasteiger partial charge in [-0.1, -0.05) is 11.3 Å². The van der Waals surface area contributed by atoms with Gasteiger partial charge in [-0.05, 0) is 36.4 Å². The van der Waals surface area contributed by atoms with E-state index in [-0.39, 0.29) is 18.0 Å². The van der Waals surface area contributed by atoms with Gasteiger partial charge in [-0.25, -0.2) is 14.2 Å². The summed E-state index contributed by atoms with van der Waals surface area (Å²) in [6, 6.07) is 11.3. The number of urea groups is 1. The summed E-state index contributed by atoms with van der Waals surface area (Å²) in [6.45, 7) is 1.19. The van der Waals surface area contributed by atoms with E-state index in [0.717, 1.165) is 28.8 Å². The van der Waals surface area contributed by atoms with Gasteiger partial charge in [0.15, 0.2) is 0 Å². The molecule has 1 N–H and O–H groups in total. The second-order valence-corrected chi connectivity index (χ2v) is 7.55. The number of hydrogen-bond donors (Lipinski definition) is 1. The Morgan fingerprint density at radius 2 is 1.96 bits per heavy atom. The molecule has 1 saturated heterocycles. The molecular formula is C20H20FN3O3S. The smallest absolute Gasteiger partial charge is 0.321 e. The molecule has 146 valence electrons. The Labute approximate surface area is 165 Å². The van der Waals surface area contributed by atoms with Crippen LogP contribution in [0, 0.1) is 5.82 Å². The number of likely N-dealkylation sites (tertiary alicyclic amines) is 1. The Morgan fingerprint density at radius 1 is 1.21 bits per heavy atom. The first-order chi connectivity index (χ1) is 13.6. The molecule has 2 amide bonds. The van der Waals surface area contributed by atoms with Crippen molar-refractivity contribution in [3.8, 4) is 10.9 Å². The zero-order chi connectivity index (χ0) is 19.5. The number of halogens is 1. The van der Waals surface area contributed by atoms with E-state index in [4.69, 9.17) is 9.47 Å². The number of methoxy groups -OCH3 is 1. The molecule has 2 aromatic carbocycles. The molecule has 0 saturated carbocycles. The molecular weight excluding hydrogens is 381 g/mol. The van der Waals surface area contributed by atoms with E-state index in [1.54, 1.807) is 24.1 Å². The van der Waals surface area contributed by atoms with E-state index in [9.17, 15) is 9.18 Å². The summed E-state index contributed by atoms with van der Waals surface area (Å²) in [5, 5.41) is 3.43. The minimum absolute atomic E-state index is 0.0253. The van der Waals surface area contributed by atoms with Crippen LogP contribution in [0.2, 0.25) is 0 Å². The number of fused-ring (bicyclic) bond motifs is 1. The summed E-state index contributed by atoms with van der Waals surface area (Å²) in [5.41, 5.74) is 1.44. The molecule has 0 radical (unpaired) electrons. The molecule has 0 atom stereocenters. The van der Waals surface area contributed by atoms with Crippen molar-refractivity contribution in [3.63, 3.8) is 0 Å². The molecule has 0 spiro atoms. The SMILES string of the molecule is COc1ccc2sc(OC3CCN(C(=O)Nc4ccc(F)cc4)CC3)nc2c1. The molecule has 6 nitrogen and oxygen atoms in total. The molecule has 1 fully saturated rings. The lowest BCUT2D eigenvalue weighted by Crippen LogP contribution is -2.43. The Bertz CT molecular complexity index is 968. The van der Waals surface area contributed by atoms with Crippen molar-refractivity contribution in [2.75, 3.05) is 25.5 Å². The number of nitrogens with one attached hydrogen (secondary N) is 1. The first-order valence-corrected chi connectivity index (χ1v) is 9.85. The van der Waals surface area contributed by atoms with Crippen LogP contribution in [-0.4, -0.2) is 42.2 Å². The second-order valence-electron chi connectivity index (χ2n) is 6.55. The highest BCUT2D eigenvalue weighted by atomic mass is 32.1. The van der Waals surface area contributed by atoms with E-state index in [0.29, 0.717) is 24.0 Å². The van der Waals surface area contributed by atoms with Crippen molar-refractivity contribution in [2.45, 2.75) is 18.9 Å². The molecule has 28 heavy (non-hydrogen) atoms. The fourth-order valence-electron chi connectivity index (χ4n) is 3.12. The number of benzene rings is 2. The lowest BCUT2D eigenvalue weighted by atomic mass is 10.1. The number of hydrogen-bond acceptors (Lipinski definition) is 5. The summed E-state index contributed by atoms with van der Waals surface area (Å²) in [6.07, 6.45) is 1.49. The van der Waals surface area contributed by atoms with Crippen LogP contribution in [0.25, 0.3) is 10.2 Å². The van der Waals surface area contributed by atoms with E-state index in [1.165, 1.54) is 23.5 Å². The summed E-state index contributed by atoms with van der Waals surface area (Å²) in [4.78, 5) is 18.6. The van der Waals surface area contributed by atoms with Crippen molar-refractivity contribution in [3.05, 3.63) is 48.3 Å². The van der Waals surface area contributed by atoms with Crippen molar-refractivity contribution in [2.24, 2.45) is 0 Å². The number of anilines is 1. The first-order valence-electron chi connectivity index (χ1n) is 9.03. The summed E-state index contributed by atoms with van der Waals surface area (Å²) in [5.74, 6) is 0.439. The maximum Gasteiger partial charge on any atom is 0.321 e. The molecule has 0 bridgehead atoms. The number of piperidine rings is 1. The lowest BCUT2D eigenvalue weighted by molar-refractivity contribution is 0.115. The molecule has 1 aliphatic rings. The molecule has 2 heterocycles. The predicted octanol–water partition coefficient (Wildman–Crippen LogP) is 4.52. The van der Waals surface area contributed by atoms with Gasteiger partial charge in [0, 0.05) is 37.7 Å². The molecule has 1 aliphatic heterocycles. The maximum absolute atomic E-state index is 13.0. The lowest BCUT2D eigenvalue weighted by Gasteiger charge is -2.31. The average Bonchev–Trinajstić information content (AvgIpc) is 3.11. The minimum Gasteiger partial charge on any atom is -0.497 e. The number of ether oxygens (including phenoxy) is 2. The van der Waals surface area contributed by atoms with Crippen LogP contribution in [0.1, 0.15) is 12.8 Å². The zero-order valence-electron chi connectivity index (χ0n) is 15.4. The van der Waals surface area contributed by atoms with Crippen molar-refractivity contribution < 1.29 is 18.7 Å². The normalized spacial score (nSPS) is 14.9. The van der Waals surface area contributed by atoms with Gasteiger partial charge < -0.3 is 19.7 Å². The van der Waals surface area contributed by atoms with Gasteiger partial charge in [0.1, 0.15) is 17.7 Å². The Kier molecular flexibility index (Phi) is 5.29. The van der Waals surface area contributed by atoms with E-state index < -0.39 is 0 Å². The van der Waals surface area contributed by atoms with Gasteiger partial charge >= 0.3 is 6.03 Å². The highest BCUT2D eigenvalue weighted by Crippen LogP contribution is 2.32. The van der Waals surface area contributed by atoms with Gasteiger partial charge in [0.05, 0.1) is 17.3 Å². The van der Waals surface area contributed by atoms with Crippen LogP contribution >= 0.6 is 11.3 Å². The number of thiazole rings is 1. The third kappa shape index (κ3) is 4.17. The van der Waals surface area contributed by atoms with Gasteiger partial charge in [0.25, 0.3) is 5.19 Å². The fourth-order valence-corrected chi connectivity index (χ4v) is 3.98. The topological polar surface area (TPSA) is 63.7 Å². The maximum atomic E-state index is 13.0. The third-order valence-corrected chi connectivity index (χ3v) is 5.59. The van der Waals surface area contributed by atoms with Crippen LogP contribution in [0.15, 0.2) is 42.5 Å². The third-order valence-electron chi connectivity index (χ3n) is 4.67. The van der Waals surface area contributed by atoms with E-state index in [1.807, 2.05) is 18.2 Å². The van der Waals surface area contributed by atoms with Crippen molar-refractivity contribution in [1.29, 1.82) is 0 Å². The molecule has 3 aromatic rings. The van der Waals surface area contributed by atoms with E-state index in [2.05, 4.69) is 10.3 Å². The van der Waals surface area contributed by atoms with Crippen LogP contribution in [-0.2, 0) is 0 Å². The summed E-state index contributed by atoms with van der Waals surface area (Å²) < 4.78 is 25.3. The first kappa shape index (κ1) is 18.5. The average molecular weight is 401 g/mol. The Balaban J connectivity index is 1.31. The van der Waals surface area contributed by atoms with Gasteiger partial charge in [0.2, 0.25) is 0 Å². The molecule has 8 heteroatoms. The van der Waals surface area contributed by atoms with Gasteiger partial charge in [-0.3, -0.25) is 0 Å². The summed E-state index contributed by atoms with van der Waals surface area (Å²) >= 11 is 1.51. The van der Waals surface area contributed by atoms with Gasteiger partial charge in [-0.2, -0.15) is 0 Å². The second kappa shape index (κ2) is 8.02. The van der Waals surface area contributed by atoms with Crippen molar-refractivity contribution in [1.82, 2.24) is 9.88 Å². The van der Waals surface area contributed by atoms with Crippen LogP contribution in [0.4, 0.5) is 14.9 Å². The Hall–Kier alpha value is -2.87. The predicted molar refractivity (Wildman–Crippen MR) is 107 cm³/mol.